The van der Waals surface area contributed by atoms with Gasteiger partial charge in [0.05, 0.1) is 5.69 Å². The molecule has 3 rings (SSSR count). The average molecular weight is 275 g/mol. The third-order valence-corrected chi connectivity index (χ3v) is 5.28. The molecule has 2 fully saturated rings. The Morgan fingerprint density at radius 1 is 1.50 bits per heavy atom. The van der Waals surface area contributed by atoms with Crippen LogP contribution in [0.15, 0.2) is 12.3 Å². The lowest BCUT2D eigenvalue weighted by Gasteiger charge is -2.28. The second kappa shape index (κ2) is 5.15. The number of anilines is 1. The maximum atomic E-state index is 12.4. The van der Waals surface area contributed by atoms with Gasteiger partial charge in [-0.2, -0.15) is 0 Å². The number of aryl methyl sites for hydroxylation is 1. The van der Waals surface area contributed by atoms with E-state index in [1.807, 2.05) is 17.7 Å². The van der Waals surface area contributed by atoms with Crippen LogP contribution in [0.5, 0.6) is 0 Å². The summed E-state index contributed by atoms with van der Waals surface area (Å²) in [6.45, 7) is 4.95. The molecule has 0 spiro atoms. The molecular weight excluding hydrogens is 250 g/mol. The summed E-state index contributed by atoms with van der Waals surface area (Å²) in [4.78, 5) is 12.4. The zero-order valence-corrected chi connectivity index (χ0v) is 12.4. The lowest BCUT2D eigenvalue weighted by atomic mass is 9.84. The number of carbonyl (C=O) groups is 1. The van der Waals surface area contributed by atoms with Crippen molar-refractivity contribution in [2.45, 2.75) is 52.1 Å². The molecule has 4 heteroatoms. The molecule has 20 heavy (non-hydrogen) atoms. The van der Waals surface area contributed by atoms with Crippen molar-refractivity contribution >= 4 is 11.6 Å². The minimum Gasteiger partial charge on any atom is -0.397 e. The number of nitrogen functional groups attached to an aromatic ring is 1. The fourth-order valence-corrected chi connectivity index (χ4v) is 4.28. The molecule has 2 aliphatic rings. The number of rotatable bonds is 4. The minimum atomic E-state index is 0.0128. The predicted molar refractivity (Wildman–Crippen MR) is 80.4 cm³/mol. The van der Waals surface area contributed by atoms with Crippen molar-refractivity contribution < 1.29 is 4.79 Å². The van der Waals surface area contributed by atoms with E-state index in [4.69, 9.17) is 5.73 Å². The molecule has 4 nitrogen and oxygen atoms in total. The maximum Gasteiger partial charge on any atom is 0.268 e. The van der Waals surface area contributed by atoms with Crippen LogP contribution in [0, 0.1) is 17.8 Å². The quantitative estimate of drug-likeness (QED) is 0.887. The Morgan fingerprint density at radius 3 is 2.90 bits per heavy atom. The highest BCUT2D eigenvalue weighted by Crippen LogP contribution is 2.49. The van der Waals surface area contributed by atoms with Crippen LogP contribution in [-0.4, -0.2) is 16.5 Å². The van der Waals surface area contributed by atoms with Crippen LogP contribution >= 0.6 is 0 Å². The fraction of sp³-hybridized carbons (Fsp3) is 0.688. The van der Waals surface area contributed by atoms with Crippen molar-refractivity contribution in [3.63, 3.8) is 0 Å². The van der Waals surface area contributed by atoms with E-state index in [9.17, 15) is 4.79 Å². The standard InChI is InChI=1S/C16H25N3O/c1-3-19-9-13(17)8-15(19)16(20)18-10(2)14-7-11-4-5-12(14)6-11/h8-12,14H,3-7,17H2,1-2H3,(H,18,20). The van der Waals surface area contributed by atoms with Crippen molar-refractivity contribution in [1.29, 1.82) is 0 Å². The van der Waals surface area contributed by atoms with Crippen LogP contribution in [-0.2, 0) is 6.54 Å². The molecule has 2 aliphatic carbocycles. The van der Waals surface area contributed by atoms with Gasteiger partial charge in [0.15, 0.2) is 0 Å². The monoisotopic (exact) mass is 275 g/mol. The number of amides is 1. The lowest BCUT2D eigenvalue weighted by Crippen LogP contribution is -2.40. The molecule has 1 heterocycles. The smallest absolute Gasteiger partial charge is 0.268 e. The third-order valence-electron chi connectivity index (χ3n) is 5.28. The third kappa shape index (κ3) is 2.32. The largest absolute Gasteiger partial charge is 0.397 e. The van der Waals surface area contributed by atoms with E-state index in [-0.39, 0.29) is 11.9 Å². The van der Waals surface area contributed by atoms with E-state index >= 15 is 0 Å². The predicted octanol–water partition coefficient (Wildman–Crippen LogP) is 2.64. The first-order chi connectivity index (χ1) is 9.58. The molecule has 0 aliphatic heterocycles. The summed E-state index contributed by atoms with van der Waals surface area (Å²) in [5.41, 5.74) is 7.13. The summed E-state index contributed by atoms with van der Waals surface area (Å²) in [7, 11) is 0. The maximum absolute atomic E-state index is 12.4. The molecule has 0 aromatic carbocycles. The van der Waals surface area contributed by atoms with Crippen molar-refractivity contribution in [3.05, 3.63) is 18.0 Å². The van der Waals surface area contributed by atoms with Crippen molar-refractivity contribution in [1.82, 2.24) is 9.88 Å². The van der Waals surface area contributed by atoms with Gasteiger partial charge in [-0.1, -0.05) is 6.42 Å². The molecule has 1 aromatic rings. The van der Waals surface area contributed by atoms with Gasteiger partial charge in [-0.05, 0) is 56.9 Å². The first-order valence-electron chi connectivity index (χ1n) is 7.85. The molecule has 3 N–H and O–H groups in total. The van der Waals surface area contributed by atoms with Gasteiger partial charge < -0.3 is 15.6 Å². The number of nitrogens with zero attached hydrogens (tertiary/aromatic N) is 1. The van der Waals surface area contributed by atoms with Crippen molar-refractivity contribution in [3.8, 4) is 0 Å². The van der Waals surface area contributed by atoms with E-state index in [2.05, 4.69) is 12.2 Å². The number of fused-ring (bicyclic) bond motifs is 2. The van der Waals surface area contributed by atoms with E-state index < -0.39 is 0 Å². The van der Waals surface area contributed by atoms with Gasteiger partial charge in [-0.3, -0.25) is 4.79 Å². The molecule has 2 bridgehead atoms. The van der Waals surface area contributed by atoms with E-state index in [0.29, 0.717) is 17.3 Å². The highest BCUT2D eigenvalue weighted by molar-refractivity contribution is 5.94. The molecule has 1 amide bonds. The van der Waals surface area contributed by atoms with Gasteiger partial charge in [0.1, 0.15) is 5.69 Å². The summed E-state index contributed by atoms with van der Waals surface area (Å²) < 4.78 is 1.91. The molecule has 1 aromatic heterocycles. The number of nitrogens with two attached hydrogens (primary N) is 1. The van der Waals surface area contributed by atoms with Crippen LogP contribution in [0.1, 0.15) is 50.0 Å². The first-order valence-corrected chi connectivity index (χ1v) is 7.85. The summed E-state index contributed by atoms with van der Waals surface area (Å²) >= 11 is 0. The van der Waals surface area contributed by atoms with Crippen molar-refractivity contribution in [2.75, 3.05) is 5.73 Å². The van der Waals surface area contributed by atoms with E-state index in [1.165, 1.54) is 25.7 Å². The normalized spacial score (nSPS) is 29.6. The zero-order chi connectivity index (χ0) is 14.3. The van der Waals surface area contributed by atoms with Crippen LogP contribution < -0.4 is 11.1 Å². The number of hydrogen-bond acceptors (Lipinski definition) is 2. The van der Waals surface area contributed by atoms with E-state index in [0.717, 1.165) is 18.4 Å². The Labute approximate surface area is 120 Å². The van der Waals surface area contributed by atoms with Crippen LogP contribution in [0.3, 0.4) is 0 Å². The van der Waals surface area contributed by atoms with Crippen LogP contribution in [0.2, 0.25) is 0 Å². The van der Waals surface area contributed by atoms with Gasteiger partial charge in [-0.15, -0.1) is 0 Å². The van der Waals surface area contributed by atoms with Gasteiger partial charge in [-0.25, -0.2) is 0 Å². The summed E-state index contributed by atoms with van der Waals surface area (Å²) in [5, 5.41) is 3.20. The summed E-state index contributed by atoms with van der Waals surface area (Å²) in [5.74, 6) is 2.43. The van der Waals surface area contributed by atoms with Gasteiger partial charge in [0, 0.05) is 18.8 Å². The Balaban J connectivity index is 1.66. The zero-order valence-electron chi connectivity index (χ0n) is 12.4. The highest BCUT2D eigenvalue weighted by Gasteiger charge is 2.42. The summed E-state index contributed by atoms with van der Waals surface area (Å²) in [6, 6.07) is 2.03. The molecule has 2 saturated carbocycles. The van der Waals surface area contributed by atoms with E-state index in [1.54, 1.807) is 6.07 Å². The number of carbonyl (C=O) groups excluding carboxylic acids is 1. The van der Waals surface area contributed by atoms with Gasteiger partial charge in [0.25, 0.3) is 5.91 Å². The molecule has 0 radical (unpaired) electrons. The topological polar surface area (TPSA) is 60.0 Å². The minimum absolute atomic E-state index is 0.0128. The fourth-order valence-electron chi connectivity index (χ4n) is 4.28. The molecule has 4 atom stereocenters. The molecule has 4 unspecified atom stereocenters. The average Bonchev–Trinajstić information content (AvgIpc) is 3.12. The van der Waals surface area contributed by atoms with Crippen LogP contribution in [0.4, 0.5) is 5.69 Å². The number of aromatic nitrogens is 1. The summed E-state index contributed by atoms with van der Waals surface area (Å²) in [6.07, 6.45) is 7.26. The lowest BCUT2D eigenvalue weighted by molar-refractivity contribution is 0.0906. The van der Waals surface area contributed by atoms with Crippen molar-refractivity contribution in [2.24, 2.45) is 17.8 Å². The second-order valence-corrected chi connectivity index (χ2v) is 6.55. The Bertz CT molecular complexity index is 508. The Hall–Kier alpha value is -1.45. The number of nitrogens with one attached hydrogen (secondary N) is 1. The van der Waals surface area contributed by atoms with Gasteiger partial charge >= 0.3 is 0 Å². The highest BCUT2D eigenvalue weighted by atomic mass is 16.2. The molecule has 110 valence electrons. The van der Waals surface area contributed by atoms with Gasteiger partial charge in [0.2, 0.25) is 0 Å². The van der Waals surface area contributed by atoms with Crippen LogP contribution in [0.25, 0.3) is 0 Å². The second-order valence-electron chi connectivity index (χ2n) is 6.55. The first kappa shape index (κ1) is 13.5. The molecule has 0 saturated heterocycles. The SMILES string of the molecule is CCn1cc(N)cc1C(=O)NC(C)C1CC2CCC1C2. The Morgan fingerprint density at radius 2 is 2.30 bits per heavy atom. The molecular formula is C16H25N3O. The Kier molecular flexibility index (Phi) is 3.48. The number of hydrogen-bond donors (Lipinski definition) is 2.